The summed E-state index contributed by atoms with van der Waals surface area (Å²) in [6.45, 7) is 4.14. The number of nitrogens with two attached hydrogens (primary N) is 1. The summed E-state index contributed by atoms with van der Waals surface area (Å²) in [4.78, 5) is 0. The van der Waals surface area contributed by atoms with Crippen molar-refractivity contribution >= 4 is 5.84 Å². The molecule has 1 rings (SSSR count). The van der Waals surface area contributed by atoms with E-state index in [4.69, 9.17) is 10.9 Å². The summed E-state index contributed by atoms with van der Waals surface area (Å²) in [6, 6.07) is 0. The molecule has 78 valence electrons. The van der Waals surface area contributed by atoms with Gasteiger partial charge in [0.15, 0.2) is 0 Å². The summed E-state index contributed by atoms with van der Waals surface area (Å²) < 4.78 is 1.75. The van der Waals surface area contributed by atoms with Crippen molar-refractivity contribution in [1.82, 2.24) is 9.78 Å². The van der Waals surface area contributed by atoms with Crippen LogP contribution in [0.1, 0.15) is 31.0 Å². The van der Waals surface area contributed by atoms with Crippen molar-refractivity contribution in [2.75, 3.05) is 0 Å². The normalized spacial score (nSPS) is 12.4. The van der Waals surface area contributed by atoms with E-state index in [0.717, 1.165) is 11.3 Å². The lowest BCUT2D eigenvalue weighted by Gasteiger charge is -2.03. The second-order valence-electron chi connectivity index (χ2n) is 3.64. The van der Waals surface area contributed by atoms with E-state index in [-0.39, 0.29) is 5.84 Å². The van der Waals surface area contributed by atoms with Gasteiger partial charge in [-0.15, -0.1) is 0 Å². The van der Waals surface area contributed by atoms with Gasteiger partial charge in [0.1, 0.15) is 5.84 Å². The van der Waals surface area contributed by atoms with Crippen LogP contribution in [0.2, 0.25) is 0 Å². The zero-order valence-electron chi connectivity index (χ0n) is 8.73. The Morgan fingerprint density at radius 1 is 1.71 bits per heavy atom. The molecule has 1 heterocycles. The van der Waals surface area contributed by atoms with Crippen molar-refractivity contribution in [3.05, 3.63) is 17.5 Å². The summed E-state index contributed by atoms with van der Waals surface area (Å²) in [6.07, 6.45) is 2.34. The Hall–Kier alpha value is -1.52. The largest absolute Gasteiger partial charge is 0.409 e. The Bertz CT molecular complexity index is 341. The summed E-state index contributed by atoms with van der Waals surface area (Å²) in [5.41, 5.74) is 7.46. The highest BCUT2D eigenvalue weighted by Crippen LogP contribution is 2.17. The minimum atomic E-state index is 0.208. The van der Waals surface area contributed by atoms with Crippen molar-refractivity contribution in [2.45, 2.75) is 26.2 Å². The van der Waals surface area contributed by atoms with Crippen LogP contribution in [-0.4, -0.2) is 20.8 Å². The fraction of sp³-hybridized carbons (Fsp3) is 0.556. The Morgan fingerprint density at radius 3 is 2.86 bits per heavy atom. The number of aryl methyl sites for hydroxylation is 1. The minimum absolute atomic E-state index is 0.208. The lowest BCUT2D eigenvalue weighted by atomic mass is 10.0. The maximum atomic E-state index is 8.47. The Kier molecular flexibility index (Phi) is 3.11. The van der Waals surface area contributed by atoms with Crippen LogP contribution in [0.3, 0.4) is 0 Å². The summed E-state index contributed by atoms with van der Waals surface area (Å²) in [5, 5.41) is 15.7. The summed E-state index contributed by atoms with van der Waals surface area (Å²) in [5.74, 6) is 0.553. The van der Waals surface area contributed by atoms with E-state index in [9.17, 15) is 0 Å². The molecule has 0 bridgehead atoms. The predicted molar refractivity (Wildman–Crippen MR) is 54.4 cm³/mol. The first kappa shape index (κ1) is 10.6. The van der Waals surface area contributed by atoms with Gasteiger partial charge in [0.2, 0.25) is 0 Å². The molecule has 0 aliphatic carbocycles. The number of nitrogens with zero attached hydrogens (tertiary/aromatic N) is 3. The van der Waals surface area contributed by atoms with Gasteiger partial charge in [-0.1, -0.05) is 19.0 Å². The van der Waals surface area contributed by atoms with Crippen LogP contribution in [0.4, 0.5) is 0 Å². The van der Waals surface area contributed by atoms with Crippen molar-refractivity contribution in [3.8, 4) is 0 Å². The van der Waals surface area contributed by atoms with Crippen molar-refractivity contribution in [1.29, 1.82) is 0 Å². The molecule has 5 nitrogen and oxygen atoms in total. The topological polar surface area (TPSA) is 76.4 Å². The van der Waals surface area contributed by atoms with Gasteiger partial charge in [0.25, 0.3) is 0 Å². The molecule has 0 aliphatic rings. The second-order valence-corrected chi connectivity index (χ2v) is 3.64. The second kappa shape index (κ2) is 4.13. The maximum absolute atomic E-state index is 8.47. The van der Waals surface area contributed by atoms with E-state index in [1.807, 2.05) is 13.2 Å². The lowest BCUT2D eigenvalue weighted by Crippen LogP contribution is -2.15. The van der Waals surface area contributed by atoms with Gasteiger partial charge >= 0.3 is 0 Å². The molecule has 0 saturated carbocycles. The van der Waals surface area contributed by atoms with Crippen molar-refractivity contribution in [2.24, 2.45) is 17.9 Å². The van der Waals surface area contributed by atoms with E-state index in [0.29, 0.717) is 12.3 Å². The van der Waals surface area contributed by atoms with Crippen LogP contribution >= 0.6 is 0 Å². The molecular weight excluding hydrogens is 180 g/mol. The number of amidine groups is 1. The molecule has 0 spiro atoms. The smallest absolute Gasteiger partial charge is 0.143 e. The van der Waals surface area contributed by atoms with Gasteiger partial charge < -0.3 is 10.9 Å². The minimum Gasteiger partial charge on any atom is -0.409 e. The maximum Gasteiger partial charge on any atom is 0.143 e. The third-order valence-corrected chi connectivity index (χ3v) is 1.98. The first-order valence-electron chi connectivity index (χ1n) is 4.53. The first-order chi connectivity index (χ1) is 6.54. The third kappa shape index (κ3) is 2.25. The van der Waals surface area contributed by atoms with Crippen LogP contribution in [-0.2, 0) is 13.5 Å². The monoisotopic (exact) mass is 196 g/mol. The molecule has 0 aliphatic heterocycles. The van der Waals surface area contributed by atoms with Crippen LogP contribution in [0.5, 0.6) is 0 Å². The van der Waals surface area contributed by atoms with Crippen LogP contribution < -0.4 is 5.73 Å². The lowest BCUT2D eigenvalue weighted by molar-refractivity contribution is 0.317. The molecular formula is C9H16N4O. The number of aromatic nitrogens is 2. The molecule has 5 heteroatoms. The average molecular weight is 196 g/mol. The first-order valence-corrected chi connectivity index (χ1v) is 4.53. The Morgan fingerprint density at radius 2 is 2.36 bits per heavy atom. The highest BCUT2D eigenvalue weighted by atomic mass is 16.4. The van der Waals surface area contributed by atoms with Gasteiger partial charge in [-0.2, -0.15) is 5.10 Å². The quantitative estimate of drug-likeness (QED) is 0.325. The Labute approximate surface area is 83.2 Å². The van der Waals surface area contributed by atoms with Crippen LogP contribution in [0.25, 0.3) is 0 Å². The predicted octanol–water partition coefficient (Wildman–Crippen LogP) is 0.832. The molecule has 0 atom stereocenters. The van der Waals surface area contributed by atoms with Crippen LogP contribution in [0, 0.1) is 0 Å². The zero-order valence-corrected chi connectivity index (χ0v) is 8.73. The van der Waals surface area contributed by atoms with Gasteiger partial charge in [0, 0.05) is 25.2 Å². The molecule has 1 aromatic heterocycles. The number of rotatable bonds is 3. The van der Waals surface area contributed by atoms with Gasteiger partial charge in [-0.3, -0.25) is 4.68 Å². The highest BCUT2D eigenvalue weighted by molar-refractivity contribution is 5.82. The van der Waals surface area contributed by atoms with E-state index < -0.39 is 0 Å². The van der Waals surface area contributed by atoms with E-state index in [1.54, 1.807) is 4.68 Å². The Balaban J connectivity index is 2.95. The number of hydrogen-bond donors (Lipinski definition) is 2. The molecule has 0 unspecified atom stereocenters. The molecule has 0 fully saturated rings. The summed E-state index contributed by atoms with van der Waals surface area (Å²) in [7, 11) is 1.86. The fourth-order valence-electron chi connectivity index (χ4n) is 1.41. The number of oxime groups is 1. The van der Waals surface area contributed by atoms with E-state index in [1.165, 1.54) is 0 Å². The van der Waals surface area contributed by atoms with Gasteiger partial charge in [-0.25, -0.2) is 0 Å². The SMILES string of the molecule is CC(C)c1nn(C)cc1C/C(N)=N/O. The molecule has 0 saturated heterocycles. The standard InChI is InChI=1S/C9H16N4O/c1-6(2)9-7(4-8(10)12-14)5-13(3)11-9/h5-6,14H,4H2,1-3H3,(H2,10,12). The molecule has 1 aromatic rings. The van der Waals surface area contributed by atoms with E-state index >= 15 is 0 Å². The van der Waals surface area contributed by atoms with E-state index in [2.05, 4.69) is 24.1 Å². The van der Waals surface area contributed by atoms with Crippen molar-refractivity contribution in [3.63, 3.8) is 0 Å². The average Bonchev–Trinajstić information content (AvgIpc) is 2.46. The molecule has 0 radical (unpaired) electrons. The van der Waals surface area contributed by atoms with Gasteiger partial charge in [-0.05, 0) is 5.92 Å². The molecule has 3 N–H and O–H groups in total. The van der Waals surface area contributed by atoms with Gasteiger partial charge in [0.05, 0.1) is 5.69 Å². The molecule has 0 aromatic carbocycles. The molecule has 0 amide bonds. The van der Waals surface area contributed by atoms with Crippen molar-refractivity contribution < 1.29 is 5.21 Å². The zero-order chi connectivity index (χ0) is 10.7. The fourth-order valence-corrected chi connectivity index (χ4v) is 1.41. The number of hydrogen-bond acceptors (Lipinski definition) is 3. The third-order valence-electron chi connectivity index (χ3n) is 1.98. The summed E-state index contributed by atoms with van der Waals surface area (Å²) >= 11 is 0. The highest BCUT2D eigenvalue weighted by Gasteiger charge is 2.12. The molecule has 14 heavy (non-hydrogen) atoms. The van der Waals surface area contributed by atoms with Crippen LogP contribution in [0.15, 0.2) is 11.4 Å².